The molecule has 1 aromatic heterocycles. The van der Waals surface area contributed by atoms with E-state index >= 15 is 0 Å². The fourth-order valence-electron chi connectivity index (χ4n) is 2.19. The van der Waals surface area contributed by atoms with E-state index in [0.29, 0.717) is 16.8 Å². The minimum atomic E-state index is -2.89. The molecule has 0 aliphatic carbocycles. The summed E-state index contributed by atoms with van der Waals surface area (Å²) in [5, 5.41) is 3.68. The summed E-state index contributed by atoms with van der Waals surface area (Å²) in [7, 11) is 0. The lowest BCUT2D eigenvalue weighted by atomic mass is 10.1. The third-order valence-corrected chi connectivity index (χ3v) is 3.22. The van der Waals surface area contributed by atoms with Crippen LogP contribution < -0.4 is 10.1 Å². The van der Waals surface area contributed by atoms with Crippen molar-refractivity contribution in [3.63, 3.8) is 0 Å². The summed E-state index contributed by atoms with van der Waals surface area (Å²) in [6, 6.07) is 14.7. The second kappa shape index (κ2) is 6.39. The van der Waals surface area contributed by atoms with Crippen molar-refractivity contribution in [2.45, 2.75) is 6.61 Å². The van der Waals surface area contributed by atoms with Crippen LogP contribution in [-0.4, -0.2) is 17.5 Å². The van der Waals surface area contributed by atoms with Crippen molar-refractivity contribution in [2.24, 2.45) is 0 Å². The Hall–Kier alpha value is -3.02. The maximum atomic E-state index is 12.3. The topological polar surface area (TPSA) is 51.2 Å². The van der Waals surface area contributed by atoms with Crippen molar-refractivity contribution >= 4 is 22.5 Å². The fourth-order valence-corrected chi connectivity index (χ4v) is 2.19. The number of aromatic nitrogens is 1. The van der Waals surface area contributed by atoms with Gasteiger partial charge in [-0.25, -0.2) is 0 Å². The van der Waals surface area contributed by atoms with Crippen LogP contribution in [0.4, 0.5) is 14.5 Å². The van der Waals surface area contributed by atoms with E-state index in [9.17, 15) is 13.6 Å². The van der Waals surface area contributed by atoms with Gasteiger partial charge < -0.3 is 10.1 Å². The SMILES string of the molecule is O=C(Nc1cccc2cccnc12)c1ccc(OC(F)F)cc1. The molecule has 0 unspecified atom stereocenters. The summed E-state index contributed by atoms with van der Waals surface area (Å²) in [5.41, 5.74) is 1.60. The lowest BCUT2D eigenvalue weighted by Gasteiger charge is -2.09. The van der Waals surface area contributed by atoms with Gasteiger partial charge in [-0.2, -0.15) is 8.78 Å². The van der Waals surface area contributed by atoms with Gasteiger partial charge in [0.25, 0.3) is 5.91 Å². The molecule has 3 rings (SSSR count). The van der Waals surface area contributed by atoms with E-state index in [2.05, 4.69) is 15.0 Å². The molecule has 4 nitrogen and oxygen atoms in total. The van der Waals surface area contributed by atoms with E-state index in [4.69, 9.17) is 0 Å². The van der Waals surface area contributed by atoms with Gasteiger partial charge in [0.15, 0.2) is 0 Å². The molecule has 1 N–H and O–H groups in total. The Morgan fingerprint density at radius 2 is 1.78 bits per heavy atom. The van der Waals surface area contributed by atoms with Crippen molar-refractivity contribution in [3.05, 3.63) is 66.4 Å². The highest BCUT2D eigenvalue weighted by Crippen LogP contribution is 2.22. The van der Waals surface area contributed by atoms with E-state index in [1.165, 1.54) is 24.3 Å². The number of rotatable bonds is 4. The molecule has 0 atom stereocenters. The molecular formula is C17H12F2N2O2. The van der Waals surface area contributed by atoms with Crippen molar-refractivity contribution in [2.75, 3.05) is 5.32 Å². The minimum Gasteiger partial charge on any atom is -0.435 e. The average Bonchev–Trinajstić information content (AvgIpc) is 2.55. The number of fused-ring (bicyclic) bond motifs is 1. The second-order valence-electron chi connectivity index (χ2n) is 4.74. The zero-order valence-electron chi connectivity index (χ0n) is 11.9. The number of carbonyl (C=O) groups excluding carboxylic acids is 1. The van der Waals surface area contributed by atoms with Crippen LogP contribution >= 0.6 is 0 Å². The number of anilines is 1. The van der Waals surface area contributed by atoms with Crippen LogP contribution in [0, 0.1) is 0 Å². The number of amides is 1. The summed E-state index contributed by atoms with van der Waals surface area (Å²) in [4.78, 5) is 16.5. The molecule has 0 fully saturated rings. The highest BCUT2D eigenvalue weighted by atomic mass is 19.3. The maximum Gasteiger partial charge on any atom is 0.387 e. The van der Waals surface area contributed by atoms with Crippen LogP contribution in [-0.2, 0) is 0 Å². The molecule has 0 bridgehead atoms. The second-order valence-corrected chi connectivity index (χ2v) is 4.74. The Bertz CT molecular complexity index is 830. The Morgan fingerprint density at radius 1 is 1.04 bits per heavy atom. The van der Waals surface area contributed by atoms with Gasteiger partial charge in [0, 0.05) is 17.1 Å². The summed E-state index contributed by atoms with van der Waals surface area (Å²) in [6.07, 6.45) is 1.65. The number of benzene rings is 2. The first-order valence-corrected chi connectivity index (χ1v) is 6.83. The zero-order chi connectivity index (χ0) is 16.2. The fraction of sp³-hybridized carbons (Fsp3) is 0.0588. The van der Waals surface area contributed by atoms with Gasteiger partial charge in [-0.05, 0) is 36.4 Å². The Morgan fingerprint density at radius 3 is 2.52 bits per heavy atom. The molecule has 23 heavy (non-hydrogen) atoms. The number of carbonyl (C=O) groups is 1. The number of para-hydroxylation sites is 1. The largest absolute Gasteiger partial charge is 0.435 e. The van der Waals surface area contributed by atoms with Gasteiger partial charge in [-0.1, -0.05) is 18.2 Å². The quantitative estimate of drug-likeness (QED) is 0.789. The van der Waals surface area contributed by atoms with E-state index in [1.54, 1.807) is 12.3 Å². The van der Waals surface area contributed by atoms with E-state index in [1.807, 2.05) is 24.3 Å². The Labute approximate surface area is 130 Å². The molecule has 0 radical (unpaired) electrons. The molecule has 2 aromatic carbocycles. The molecule has 1 amide bonds. The van der Waals surface area contributed by atoms with Gasteiger partial charge in [0.05, 0.1) is 11.2 Å². The normalized spacial score (nSPS) is 10.7. The lowest BCUT2D eigenvalue weighted by molar-refractivity contribution is -0.0498. The van der Waals surface area contributed by atoms with Crippen LogP contribution in [0.1, 0.15) is 10.4 Å². The molecule has 1 heterocycles. The molecule has 0 saturated heterocycles. The first-order chi connectivity index (χ1) is 11.1. The molecule has 6 heteroatoms. The summed E-state index contributed by atoms with van der Waals surface area (Å²) >= 11 is 0. The number of hydrogen-bond donors (Lipinski definition) is 1. The molecule has 0 saturated carbocycles. The zero-order valence-corrected chi connectivity index (χ0v) is 11.9. The molecule has 3 aromatic rings. The van der Waals surface area contributed by atoms with Crippen molar-refractivity contribution in [3.8, 4) is 5.75 Å². The van der Waals surface area contributed by atoms with Gasteiger partial charge in [0.2, 0.25) is 0 Å². The van der Waals surface area contributed by atoms with Gasteiger partial charge in [-0.15, -0.1) is 0 Å². The average molecular weight is 314 g/mol. The van der Waals surface area contributed by atoms with Gasteiger partial charge in [-0.3, -0.25) is 9.78 Å². The van der Waals surface area contributed by atoms with Crippen LogP contribution in [0.2, 0.25) is 0 Å². The lowest BCUT2D eigenvalue weighted by Crippen LogP contribution is -2.12. The smallest absolute Gasteiger partial charge is 0.387 e. The third kappa shape index (κ3) is 3.42. The van der Waals surface area contributed by atoms with Crippen LogP contribution in [0.3, 0.4) is 0 Å². The number of ether oxygens (including phenoxy) is 1. The molecule has 116 valence electrons. The highest BCUT2D eigenvalue weighted by Gasteiger charge is 2.10. The van der Waals surface area contributed by atoms with Crippen molar-refractivity contribution in [1.29, 1.82) is 0 Å². The van der Waals surface area contributed by atoms with Crippen molar-refractivity contribution < 1.29 is 18.3 Å². The molecule has 0 aliphatic rings. The maximum absolute atomic E-state index is 12.3. The molecule has 0 aliphatic heterocycles. The molecular weight excluding hydrogens is 302 g/mol. The number of pyridine rings is 1. The number of nitrogens with one attached hydrogen (secondary N) is 1. The molecule has 0 spiro atoms. The first-order valence-electron chi connectivity index (χ1n) is 6.83. The monoisotopic (exact) mass is 314 g/mol. The van der Waals surface area contributed by atoms with Crippen LogP contribution in [0.15, 0.2) is 60.8 Å². The number of hydrogen-bond acceptors (Lipinski definition) is 3. The standard InChI is InChI=1S/C17H12F2N2O2/c18-17(19)23-13-8-6-12(7-9-13)16(22)21-14-5-1-3-11-4-2-10-20-15(11)14/h1-10,17H,(H,21,22). The Kier molecular flexibility index (Phi) is 4.14. The van der Waals surface area contributed by atoms with E-state index in [0.717, 1.165) is 5.39 Å². The van der Waals surface area contributed by atoms with Crippen LogP contribution in [0.5, 0.6) is 5.75 Å². The minimum absolute atomic E-state index is 0.00313. The van der Waals surface area contributed by atoms with E-state index in [-0.39, 0.29) is 11.7 Å². The predicted molar refractivity (Wildman–Crippen MR) is 82.8 cm³/mol. The van der Waals surface area contributed by atoms with Crippen molar-refractivity contribution in [1.82, 2.24) is 4.98 Å². The predicted octanol–water partition coefficient (Wildman–Crippen LogP) is 4.09. The summed E-state index contributed by atoms with van der Waals surface area (Å²) < 4.78 is 28.5. The number of halogens is 2. The number of alkyl halides is 2. The van der Waals surface area contributed by atoms with Gasteiger partial charge >= 0.3 is 6.61 Å². The number of nitrogens with zero attached hydrogens (tertiary/aromatic N) is 1. The highest BCUT2D eigenvalue weighted by molar-refractivity contribution is 6.08. The third-order valence-electron chi connectivity index (χ3n) is 3.22. The van der Waals surface area contributed by atoms with Gasteiger partial charge in [0.1, 0.15) is 5.75 Å². The Balaban J connectivity index is 1.81. The summed E-state index contributed by atoms with van der Waals surface area (Å²) in [6.45, 7) is -2.89. The van der Waals surface area contributed by atoms with Crippen LogP contribution in [0.25, 0.3) is 10.9 Å². The first kappa shape index (κ1) is 14.9. The summed E-state index contributed by atoms with van der Waals surface area (Å²) in [5.74, 6) is -0.352. The van der Waals surface area contributed by atoms with E-state index < -0.39 is 6.61 Å².